The molecule has 2 aliphatic rings. The largest absolute Gasteiger partial charge is 0.469 e. The van der Waals surface area contributed by atoms with Gasteiger partial charge in [-0.05, 0) is 30.5 Å². The highest BCUT2D eigenvalue weighted by Gasteiger charge is 2.58. The Labute approximate surface area is 173 Å². The second kappa shape index (κ2) is 8.77. The molecule has 1 spiro atoms. The fraction of sp³-hybridized carbons (Fsp3) is 0.524. The lowest BCUT2D eigenvalue weighted by molar-refractivity contribution is -0.218. The van der Waals surface area contributed by atoms with E-state index in [4.69, 9.17) is 9.57 Å². The van der Waals surface area contributed by atoms with E-state index < -0.39 is 29.2 Å². The van der Waals surface area contributed by atoms with Gasteiger partial charge >= 0.3 is 12.1 Å². The van der Waals surface area contributed by atoms with Crippen LogP contribution in [0.4, 0.5) is 13.2 Å². The molecule has 0 N–H and O–H groups in total. The summed E-state index contributed by atoms with van der Waals surface area (Å²) in [5.74, 6) is -1.32. The number of hydrogen-bond acceptors (Lipinski definition) is 5. The molecule has 164 valence electrons. The predicted molar refractivity (Wildman–Crippen MR) is 102 cm³/mol. The summed E-state index contributed by atoms with van der Waals surface area (Å²) < 4.78 is 43.1. The Balaban J connectivity index is 1.70. The first-order valence-corrected chi connectivity index (χ1v) is 9.74. The van der Waals surface area contributed by atoms with Crippen molar-refractivity contribution in [2.24, 2.45) is 5.92 Å². The van der Waals surface area contributed by atoms with Crippen molar-refractivity contribution in [2.75, 3.05) is 26.8 Å². The van der Waals surface area contributed by atoms with Crippen LogP contribution in [-0.4, -0.2) is 54.2 Å². The number of halogens is 3. The summed E-state index contributed by atoms with van der Waals surface area (Å²) in [6.07, 6.45) is -1.80. The maximum atomic E-state index is 12.7. The van der Waals surface area contributed by atoms with E-state index in [2.05, 4.69) is 11.5 Å². The Morgan fingerprint density at radius 2 is 1.90 bits per heavy atom. The summed E-state index contributed by atoms with van der Waals surface area (Å²) in [6.45, 7) is 5.36. The Bertz CT molecular complexity index is 786. The van der Waals surface area contributed by atoms with E-state index in [-0.39, 0.29) is 18.9 Å². The molecule has 6 nitrogen and oxygen atoms in total. The minimum atomic E-state index is -4.36. The number of amides is 1. The fourth-order valence-electron chi connectivity index (χ4n) is 4.32. The van der Waals surface area contributed by atoms with Crippen molar-refractivity contribution in [3.63, 3.8) is 0 Å². The third kappa shape index (κ3) is 4.37. The average molecular weight is 426 g/mol. The SMILES string of the molecule is C=CCON1C(=O)C[C@@H](C(=O)OC)C12CCN(Cc1ccc(C(F)(F)F)cc1)CC2. The standard InChI is InChI=1S/C21H25F3N2O4/c1-3-12-30-26-18(27)13-17(19(28)29-2)20(26)8-10-25(11-9-20)14-15-4-6-16(7-5-15)21(22,23)24/h3-7,17H,1,8-14H2,2H3/t17-/m0/s1. The van der Waals surface area contributed by atoms with E-state index in [0.717, 1.165) is 17.7 Å². The van der Waals surface area contributed by atoms with Gasteiger partial charge in [-0.2, -0.15) is 13.2 Å². The van der Waals surface area contributed by atoms with Crippen LogP contribution in [0.1, 0.15) is 30.4 Å². The summed E-state index contributed by atoms with van der Waals surface area (Å²) in [7, 11) is 1.30. The summed E-state index contributed by atoms with van der Waals surface area (Å²) in [5.41, 5.74) is -0.695. The Morgan fingerprint density at radius 1 is 1.27 bits per heavy atom. The van der Waals surface area contributed by atoms with Gasteiger partial charge in [-0.25, -0.2) is 5.06 Å². The monoisotopic (exact) mass is 426 g/mol. The minimum Gasteiger partial charge on any atom is -0.469 e. The van der Waals surface area contributed by atoms with Gasteiger partial charge in [-0.1, -0.05) is 18.2 Å². The third-order valence-corrected chi connectivity index (χ3v) is 5.87. The number of piperidine rings is 1. The lowest BCUT2D eigenvalue weighted by atomic mass is 9.77. The van der Waals surface area contributed by atoms with Crippen molar-refractivity contribution in [1.82, 2.24) is 9.96 Å². The Kier molecular flexibility index (Phi) is 6.52. The van der Waals surface area contributed by atoms with E-state index in [1.807, 2.05) is 0 Å². The second-order valence-electron chi connectivity index (χ2n) is 7.63. The first-order chi connectivity index (χ1) is 14.2. The number of alkyl halides is 3. The molecule has 0 radical (unpaired) electrons. The van der Waals surface area contributed by atoms with Crippen LogP contribution in [0.25, 0.3) is 0 Å². The molecule has 0 bridgehead atoms. The molecule has 9 heteroatoms. The quantitative estimate of drug-likeness (QED) is 0.517. The van der Waals surface area contributed by atoms with Gasteiger partial charge in [0.2, 0.25) is 5.91 Å². The molecule has 0 aliphatic carbocycles. The zero-order valence-electron chi connectivity index (χ0n) is 16.8. The van der Waals surface area contributed by atoms with Crippen LogP contribution in [0.2, 0.25) is 0 Å². The molecule has 1 amide bonds. The number of esters is 1. The van der Waals surface area contributed by atoms with Gasteiger partial charge in [0.15, 0.2) is 0 Å². The first kappa shape index (κ1) is 22.3. The molecule has 2 fully saturated rings. The molecule has 0 saturated carbocycles. The predicted octanol–water partition coefficient (Wildman–Crippen LogP) is 3.18. The van der Waals surface area contributed by atoms with Crippen LogP contribution in [0.3, 0.4) is 0 Å². The number of rotatable bonds is 6. The highest BCUT2D eigenvalue weighted by atomic mass is 19.4. The number of methoxy groups -OCH3 is 1. The van der Waals surface area contributed by atoms with Crippen molar-refractivity contribution < 1.29 is 32.3 Å². The molecular weight excluding hydrogens is 401 g/mol. The van der Waals surface area contributed by atoms with Crippen LogP contribution in [0, 0.1) is 5.92 Å². The third-order valence-electron chi connectivity index (χ3n) is 5.87. The number of hydrogen-bond donors (Lipinski definition) is 0. The molecule has 30 heavy (non-hydrogen) atoms. The van der Waals surface area contributed by atoms with Crippen LogP contribution in [0.15, 0.2) is 36.9 Å². The maximum Gasteiger partial charge on any atom is 0.416 e. The van der Waals surface area contributed by atoms with Gasteiger partial charge in [0, 0.05) is 26.1 Å². The van der Waals surface area contributed by atoms with Gasteiger partial charge in [0.05, 0.1) is 30.7 Å². The molecular formula is C21H25F3N2O4. The normalized spacial score (nSPS) is 21.8. The molecule has 0 aromatic heterocycles. The summed E-state index contributed by atoms with van der Waals surface area (Å²) >= 11 is 0. The fourth-order valence-corrected chi connectivity index (χ4v) is 4.32. The molecule has 3 rings (SSSR count). The van der Waals surface area contributed by atoms with Gasteiger partial charge in [0.25, 0.3) is 0 Å². The smallest absolute Gasteiger partial charge is 0.416 e. The van der Waals surface area contributed by atoms with Crippen molar-refractivity contribution in [1.29, 1.82) is 0 Å². The summed E-state index contributed by atoms with van der Waals surface area (Å²) in [5, 5.41) is 1.33. The highest BCUT2D eigenvalue weighted by molar-refractivity contribution is 5.88. The first-order valence-electron chi connectivity index (χ1n) is 9.74. The van der Waals surface area contributed by atoms with Gasteiger partial charge in [-0.15, -0.1) is 6.58 Å². The second-order valence-corrected chi connectivity index (χ2v) is 7.63. The molecule has 2 saturated heterocycles. The van der Waals surface area contributed by atoms with E-state index >= 15 is 0 Å². The van der Waals surface area contributed by atoms with E-state index in [0.29, 0.717) is 32.5 Å². The van der Waals surface area contributed by atoms with E-state index in [1.165, 1.54) is 30.4 Å². The Hall–Kier alpha value is -2.39. The lowest BCUT2D eigenvalue weighted by Crippen LogP contribution is -2.57. The maximum absolute atomic E-state index is 12.7. The molecule has 2 heterocycles. The number of carbonyl (C=O) groups excluding carboxylic acids is 2. The molecule has 0 unspecified atom stereocenters. The number of ether oxygens (including phenoxy) is 1. The number of hydroxylamine groups is 2. The number of carbonyl (C=O) groups is 2. The molecule has 1 aromatic carbocycles. The summed E-state index contributed by atoms with van der Waals surface area (Å²) in [6, 6.07) is 5.11. The van der Waals surface area contributed by atoms with E-state index in [9.17, 15) is 22.8 Å². The van der Waals surface area contributed by atoms with Gasteiger partial charge in [-0.3, -0.25) is 19.3 Å². The van der Waals surface area contributed by atoms with Crippen LogP contribution >= 0.6 is 0 Å². The topological polar surface area (TPSA) is 59.1 Å². The van der Waals surface area contributed by atoms with Crippen LogP contribution < -0.4 is 0 Å². The zero-order chi connectivity index (χ0) is 21.9. The average Bonchev–Trinajstić information content (AvgIpc) is 2.98. The van der Waals surface area contributed by atoms with Crippen molar-refractivity contribution in [3.8, 4) is 0 Å². The number of nitrogens with zero attached hydrogens (tertiary/aromatic N) is 2. The van der Waals surface area contributed by atoms with E-state index in [1.54, 1.807) is 0 Å². The lowest BCUT2D eigenvalue weighted by Gasteiger charge is -2.45. The van der Waals surface area contributed by atoms with Crippen LogP contribution in [0.5, 0.6) is 0 Å². The molecule has 1 aromatic rings. The van der Waals surface area contributed by atoms with Crippen LogP contribution in [-0.2, 0) is 31.9 Å². The highest BCUT2D eigenvalue weighted by Crippen LogP contribution is 2.44. The minimum absolute atomic E-state index is 0.0305. The van der Waals surface area contributed by atoms with Gasteiger partial charge < -0.3 is 4.74 Å². The zero-order valence-corrected chi connectivity index (χ0v) is 16.8. The van der Waals surface area contributed by atoms with Crippen molar-refractivity contribution in [2.45, 2.75) is 37.5 Å². The van der Waals surface area contributed by atoms with Crippen molar-refractivity contribution in [3.05, 3.63) is 48.0 Å². The molecule has 1 atom stereocenters. The number of likely N-dealkylation sites (tertiary alicyclic amines) is 1. The van der Waals surface area contributed by atoms with Gasteiger partial charge in [0.1, 0.15) is 0 Å². The molecule has 2 aliphatic heterocycles. The van der Waals surface area contributed by atoms with Crippen molar-refractivity contribution >= 4 is 11.9 Å². The number of benzene rings is 1. The summed E-state index contributed by atoms with van der Waals surface area (Å²) in [4.78, 5) is 32.6. The Morgan fingerprint density at radius 3 is 2.43 bits per heavy atom.